The summed E-state index contributed by atoms with van der Waals surface area (Å²) in [6.07, 6.45) is 2.50. The topological polar surface area (TPSA) is 126 Å². The SMILES string of the molecule is CC(C)C(OC(=O)C=CC(=O)OC(C(C)C)(C(C)C)C(C)(C(C)C)C(C)(C)[Si]1(C)O[SiH2]O[SiH2]O[SiH2]O1)(C(C)C)C(C)(C(C)C)C(C)(C)[Si]1(C)O[SiH2]O[SiH2]O[SiH2]O1. The smallest absolute Gasteiger partial charge is 0.331 e. The molecule has 2 saturated heterocycles. The van der Waals surface area contributed by atoms with E-state index in [1.807, 2.05) is 0 Å². The Kier molecular flexibility index (Phi) is 18.5. The van der Waals surface area contributed by atoms with Crippen molar-refractivity contribution < 1.29 is 52.0 Å². The van der Waals surface area contributed by atoms with Gasteiger partial charge in [0, 0.05) is 33.1 Å². The molecule has 0 aliphatic carbocycles. The van der Waals surface area contributed by atoms with Crippen molar-refractivity contribution in [3.63, 3.8) is 0 Å². The molecular weight excluding hydrogens is 849 g/mol. The quantitative estimate of drug-likeness (QED) is 0.127. The van der Waals surface area contributed by atoms with Crippen molar-refractivity contribution >= 4 is 89.1 Å². The van der Waals surface area contributed by atoms with Crippen LogP contribution in [0.15, 0.2) is 12.2 Å². The van der Waals surface area contributed by atoms with Gasteiger partial charge < -0.3 is 42.4 Å². The molecule has 2 heterocycles. The largest absolute Gasteiger partial charge is 0.455 e. The summed E-state index contributed by atoms with van der Waals surface area (Å²) < 4.78 is 63.8. The summed E-state index contributed by atoms with van der Waals surface area (Å²) in [5, 5.41) is -1.12. The highest BCUT2D eigenvalue weighted by Crippen LogP contribution is 2.67. The molecule has 0 bridgehead atoms. The molecule has 2 rings (SSSR count). The Morgan fingerprint density at radius 1 is 0.446 bits per heavy atom. The van der Waals surface area contributed by atoms with E-state index in [4.69, 9.17) is 42.4 Å². The summed E-state index contributed by atoms with van der Waals surface area (Å²) in [4.78, 5) is 28.6. The van der Waals surface area contributed by atoms with E-state index < -0.39 is 121 Å². The Morgan fingerprint density at radius 2 is 0.679 bits per heavy atom. The van der Waals surface area contributed by atoms with Crippen LogP contribution in [0.1, 0.15) is 125 Å². The average molecular weight is 930 g/mol. The van der Waals surface area contributed by atoms with E-state index in [-0.39, 0.29) is 35.5 Å². The first-order valence-corrected chi connectivity index (χ1v) is 32.1. The maximum Gasteiger partial charge on any atom is 0.331 e. The molecule has 20 heteroatoms. The number of esters is 2. The van der Waals surface area contributed by atoms with Crippen LogP contribution in [0.3, 0.4) is 0 Å². The zero-order valence-electron chi connectivity index (χ0n) is 38.8. The maximum atomic E-state index is 14.3. The molecule has 0 aromatic heterocycles. The summed E-state index contributed by atoms with van der Waals surface area (Å²) in [6, 6.07) is 0. The van der Waals surface area contributed by atoms with Crippen LogP contribution in [0.5, 0.6) is 0 Å². The molecule has 0 saturated carbocycles. The number of carbonyl (C=O) groups is 2. The molecule has 12 nitrogen and oxygen atoms in total. The van der Waals surface area contributed by atoms with E-state index in [0.29, 0.717) is 0 Å². The molecule has 2 fully saturated rings. The summed E-state index contributed by atoms with van der Waals surface area (Å²) >= 11 is 0. The first-order valence-electron chi connectivity index (χ1n) is 20.6. The van der Waals surface area contributed by atoms with Gasteiger partial charge in [-0.3, -0.25) is 0 Å². The highest BCUT2D eigenvalue weighted by molar-refractivity contribution is 6.78. The molecule has 0 spiro atoms. The Balaban J connectivity index is 2.68. The van der Waals surface area contributed by atoms with Gasteiger partial charge in [-0.25, -0.2) is 9.59 Å². The summed E-state index contributed by atoms with van der Waals surface area (Å²) in [7, 11) is -13.2. The van der Waals surface area contributed by atoms with Gasteiger partial charge in [-0.05, 0) is 48.6 Å². The Labute approximate surface area is 356 Å². The van der Waals surface area contributed by atoms with Crippen molar-refractivity contribution in [3.8, 4) is 0 Å². The van der Waals surface area contributed by atoms with Crippen LogP contribution in [0.25, 0.3) is 0 Å². The van der Waals surface area contributed by atoms with E-state index in [1.54, 1.807) is 0 Å². The van der Waals surface area contributed by atoms with E-state index >= 15 is 0 Å². The van der Waals surface area contributed by atoms with Crippen LogP contribution >= 0.6 is 0 Å². The van der Waals surface area contributed by atoms with Gasteiger partial charge in [0.1, 0.15) is 11.2 Å². The van der Waals surface area contributed by atoms with Gasteiger partial charge in [0.2, 0.25) is 0 Å². The molecule has 0 radical (unpaired) electrons. The molecule has 0 amide bonds. The summed E-state index contributed by atoms with van der Waals surface area (Å²) in [5.74, 6) is -1.51. The van der Waals surface area contributed by atoms with Crippen molar-refractivity contribution in [2.24, 2.45) is 46.3 Å². The van der Waals surface area contributed by atoms with E-state index in [2.05, 4.69) is 138 Å². The fourth-order valence-electron chi connectivity index (χ4n) is 10.9. The van der Waals surface area contributed by atoms with Crippen LogP contribution in [-0.2, 0) is 52.0 Å². The minimum absolute atomic E-state index is 0.0436. The van der Waals surface area contributed by atoms with E-state index in [0.717, 1.165) is 0 Å². The Morgan fingerprint density at radius 3 is 0.875 bits per heavy atom. The molecular formula is C36H80O12Si8. The second kappa shape index (κ2) is 19.9. The third-order valence-electron chi connectivity index (χ3n) is 15.1. The molecule has 2 aliphatic rings. The zero-order valence-corrected chi connectivity index (χ0v) is 49.2. The fraction of sp³-hybridized carbons (Fsp3) is 0.889. The van der Waals surface area contributed by atoms with Crippen LogP contribution in [0.4, 0.5) is 0 Å². The van der Waals surface area contributed by atoms with Crippen LogP contribution in [-0.4, -0.2) is 100 Å². The summed E-state index contributed by atoms with van der Waals surface area (Å²) in [6.45, 7) is 43.1. The minimum atomic E-state index is -2.96. The number of ether oxygens (including phenoxy) is 2. The number of hydrogen-bond acceptors (Lipinski definition) is 12. The molecule has 0 aromatic rings. The van der Waals surface area contributed by atoms with E-state index in [1.165, 1.54) is 12.2 Å². The predicted molar refractivity (Wildman–Crippen MR) is 243 cm³/mol. The summed E-state index contributed by atoms with van der Waals surface area (Å²) in [5.41, 5.74) is -3.26. The number of hydrogen-bond donors (Lipinski definition) is 0. The van der Waals surface area contributed by atoms with Gasteiger partial charge in [0.15, 0.2) is 0 Å². The first-order chi connectivity index (χ1) is 25.6. The number of rotatable bonds is 16. The van der Waals surface area contributed by atoms with Crippen molar-refractivity contribution in [2.45, 2.75) is 159 Å². The van der Waals surface area contributed by atoms with Gasteiger partial charge >= 0.3 is 29.1 Å². The van der Waals surface area contributed by atoms with Gasteiger partial charge in [0.05, 0.1) is 0 Å². The van der Waals surface area contributed by atoms with Gasteiger partial charge in [-0.15, -0.1) is 0 Å². The third kappa shape index (κ3) is 9.15. The second-order valence-corrected chi connectivity index (χ2v) is 38.2. The molecule has 2 aliphatic heterocycles. The number of carbonyl (C=O) groups excluding carboxylic acids is 2. The van der Waals surface area contributed by atoms with Crippen LogP contribution in [0.2, 0.25) is 23.2 Å². The normalized spacial score (nSPS) is 27.8. The van der Waals surface area contributed by atoms with Crippen LogP contribution in [0, 0.1) is 46.3 Å². The lowest BCUT2D eigenvalue weighted by atomic mass is 9.52. The Hall–Kier alpha value is 0.0951. The lowest BCUT2D eigenvalue weighted by Crippen LogP contribution is -2.69. The molecule has 2 unspecified atom stereocenters. The Bertz CT molecular complexity index is 1210. The molecule has 2 atom stereocenters. The van der Waals surface area contributed by atoms with Gasteiger partial charge in [0.25, 0.3) is 60.0 Å². The highest BCUT2D eigenvalue weighted by Gasteiger charge is 2.71. The minimum Gasteiger partial charge on any atom is -0.455 e. The molecule has 0 aromatic carbocycles. The lowest BCUT2D eigenvalue weighted by Gasteiger charge is -2.64. The monoisotopic (exact) mass is 928 g/mol. The molecule has 0 N–H and O–H groups in total. The van der Waals surface area contributed by atoms with Crippen molar-refractivity contribution in [1.29, 1.82) is 0 Å². The van der Waals surface area contributed by atoms with Crippen molar-refractivity contribution in [2.75, 3.05) is 0 Å². The highest BCUT2D eigenvalue weighted by atomic mass is 28.5. The second-order valence-electron chi connectivity index (χ2n) is 19.3. The standard InChI is InChI=1S/C36H80O12Si8/c1-23(2)33(17,31(13,14)55(19)45-51-41-49-42-52-46-55)35(25(5)6,26(7)8)39-29(37)21-22-30(38)40-36(27(9)10,28(11)12)34(18,24(3)4)32(15,16)56(20)47-53-43-50-44-54-48-56/h21-28H,49-54H2,1-20H3. The molecule has 56 heavy (non-hydrogen) atoms. The first kappa shape index (κ1) is 52.2. The van der Waals surface area contributed by atoms with Crippen molar-refractivity contribution in [1.82, 2.24) is 0 Å². The fourth-order valence-corrected chi connectivity index (χ4v) is 33.8. The average Bonchev–Trinajstić information content (AvgIpc) is 3.06. The van der Waals surface area contributed by atoms with E-state index in [9.17, 15) is 9.59 Å². The van der Waals surface area contributed by atoms with Crippen molar-refractivity contribution in [3.05, 3.63) is 12.2 Å². The van der Waals surface area contributed by atoms with Crippen LogP contribution < -0.4 is 0 Å². The van der Waals surface area contributed by atoms with Gasteiger partial charge in [-0.1, -0.05) is 125 Å². The predicted octanol–water partition coefficient (Wildman–Crippen LogP) is 3.91. The lowest BCUT2D eigenvalue weighted by molar-refractivity contribution is -0.216. The third-order valence-corrected chi connectivity index (χ3v) is 36.7. The molecule has 328 valence electrons. The zero-order chi connectivity index (χ0) is 43.3. The van der Waals surface area contributed by atoms with Gasteiger partial charge in [-0.2, -0.15) is 0 Å². The maximum absolute atomic E-state index is 14.3.